The quantitative estimate of drug-likeness (QED) is 0.752. The molecule has 0 aliphatic carbocycles. The predicted molar refractivity (Wildman–Crippen MR) is 70.1 cm³/mol. The second-order valence-corrected chi connectivity index (χ2v) is 4.57. The van der Waals surface area contributed by atoms with Crippen LogP contribution in [0, 0.1) is 0 Å². The Bertz CT molecular complexity index is 571. The van der Waals surface area contributed by atoms with Crippen molar-refractivity contribution in [3.63, 3.8) is 0 Å². The van der Waals surface area contributed by atoms with Gasteiger partial charge in [-0.2, -0.15) is 0 Å². The number of methoxy groups -OCH3 is 1. The zero-order valence-corrected chi connectivity index (χ0v) is 10.2. The summed E-state index contributed by atoms with van der Waals surface area (Å²) < 4.78 is 5.21. The molecule has 3 rings (SSSR count). The number of hydrogen-bond donors (Lipinski definition) is 3. The van der Waals surface area contributed by atoms with Crippen LogP contribution in [0.15, 0.2) is 36.4 Å². The first-order valence-corrected chi connectivity index (χ1v) is 6.03. The third kappa shape index (κ3) is 2.06. The van der Waals surface area contributed by atoms with Crippen LogP contribution < -0.4 is 15.6 Å². The minimum Gasteiger partial charge on any atom is -0.497 e. The first-order valence-electron chi connectivity index (χ1n) is 6.03. The summed E-state index contributed by atoms with van der Waals surface area (Å²) >= 11 is 0. The van der Waals surface area contributed by atoms with Crippen molar-refractivity contribution in [3.8, 4) is 5.75 Å². The van der Waals surface area contributed by atoms with Crippen molar-refractivity contribution in [2.75, 3.05) is 7.11 Å². The third-order valence-corrected chi connectivity index (χ3v) is 3.36. The van der Waals surface area contributed by atoms with E-state index in [0.717, 1.165) is 11.1 Å². The Morgan fingerprint density at radius 2 is 1.89 bits per heavy atom. The molecule has 0 amide bonds. The Morgan fingerprint density at radius 3 is 2.61 bits per heavy atom. The van der Waals surface area contributed by atoms with Gasteiger partial charge in [-0.05, 0) is 34.5 Å². The average Bonchev–Trinajstić information content (AvgIpc) is 2.84. The van der Waals surface area contributed by atoms with Crippen LogP contribution in [0.2, 0.25) is 0 Å². The van der Waals surface area contributed by atoms with Crippen molar-refractivity contribution in [1.29, 1.82) is 0 Å². The first-order chi connectivity index (χ1) is 8.76. The maximum absolute atomic E-state index is 9.45. The highest BCUT2D eigenvalue weighted by Gasteiger charge is 2.22. The molecule has 0 radical (unpaired) electrons. The second kappa shape index (κ2) is 4.57. The van der Waals surface area contributed by atoms with Gasteiger partial charge in [-0.3, -0.25) is 0 Å². The predicted octanol–water partition coefficient (Wildman–Crippen LogP) is 1.71. The summed E-state index contributed by atoms with van der Waals surface area (Å²) in [5.74, 6) is 0.867. The van der Waals surface area contributed by atoms with Crippen molar-refractivity contribution < 1.29 is 9.84 Å². The lowest BCUT2D eigenvalue weighted by atomic mass is 10.0. The molecule has 4 nitrogen and oxygen atoms in total. The summed E-state index contributed by atoms with van der Waals surface area (Å²) in [6.45, 7) is 0. The van der Waals surface area contributed by atoms with Gasteiger partial charge in [0.25, 0.3) is 0 Å². The number of hydrazine groups is 1. The fraction of sp³-hybridized carbons (Fsp3) is 0.286. The van der Waals surface area contributed by atoms with Crippen LogP contribution in [0.25, 0.3) is 10.8 Å². The fourth-order valence-corrected chi connectivity index (χ4v) is 2.34. The molecule has 2 unspecified atom stereocenters. The number of benzene rings is 2. The summed E-state index contributed by atoms with van der Waals surface area (Å²) in [7, 11) is 1.67. The van der Waals surface area contributed by atoms with Crippen LogP contribution in [0.1, 0.15) is 18.0 Å². The Kier molecular flexibility index (Phi) is 2.91. The number of rotatable bonds is 2. The van der Waals surface area contributed by atoms with Crippen LogP contribution in [-0.4, -0.2) is 18.4 Å². The van der Waals surface area contributed by atoms with Gasteiger partial charge in [0.05, 0.1) is 13.2 Å². The van der Waals surface area contributed by atoms with Gasteiger partial charge in [0.2, 0.25) is 0 Å². The Hall–Kier alpha value is -1.62. The van der Waals surface area contributed by atoms with Crippen LogP contribution in [0.4, 0.5) is 0 Å². The molecule has 2 aromatic carbocycles. The zero-order valence-electron chi connectivity index (χ0n) is 10.2. The van der Waals surface area contributed by atoms with E-state index in [0.29, 0.717) is 6.42 Å². The summed E-state index contributed by atoms with van der Waals surface area (Å²) in [4.78, 5) is 0. The molecule has 0 bridgehead atoms. The van der Waals surface area contributed by atoms with E-state index < -0.39 is 6.23 Å². The molecule has 4 heteroatoms. The van der Waals surface area contributed by atoms with E-state index in [-0.39, 0.29) is 6.04 Å². The molecule has 1 heterocycles. The lowest BCUT2D eigenvalue weighted by Crippen LogP contribution is -2.30. The van der Waals surface area contributed by atoms with Gasteiger partial charge < -0.3 is 9.84 Å². The molecule has 1 saturated heterocycles. The molecule has 1 aliphatic heterocycles. The maximum atomic E-state index is 9.45. The molecule has 0 aromatic heterocycles. The molecule has 2 aromatic rings. The van der Waals surface area contributed by atoms with E-state index in [1.807, 2.05) is 12.1 Å². The monoisotopic (exact) mass is 244 g/mol. The molecule has 1 fully saturated rings. The number of nitrogens with one attached hydrogen (secondary N) is 2. The van der Waals surface area contributed by atoms with Gasteiger partial charge in [-0.25, -0.2) is 10.9 Å². The lowest BCUT2D eigenvalue weighted by Gasteiger charge is -2.11. The SMILES string of the molecule is COc1ccc2cc(C3CC(O)NN3)ccc2c1. The molecule has 18 heavy (non-hydrogen) atoms. The number of ether oxygens (including phenoxy) is 1. The minimum absolute atomic E-state index is 0.159. The minimum atomic E-state index is -0.471. The molecule has 0 spiro atoms. The van der Waals surface area contributed by atoms with E-state index in [2.05, 4.69) is 35.1 Å². The summed E-state index contributed by atoms with van der Waals surface area (Å²) in [5.41, 5.74) is 7.08. The smallest absolute Gasteiger partial charge is 0.119 e. The van der Waals surface area contributed by atoms with Crippen molar-refractivity contribution in [3.05, 3.63) is 42.0 Å². The van der Waals surface area contributed by atoms with Gasteiger partial charge in [-0.1, -0.05) is 18.2 Å². The van der Waals surface area contributed by atoms with Crippen LogP contribution >= 0.6 is 0 Å². The Morgan fingerprint density at radius 1 is 1.11 bits per heavy atom. The lowest BCUT2D eigenvalue weighted by molar-refractivity contribution is 0.153. The van der Waals surface area contributed by atoms with Gasteiger partial charge in [-0.15, -0.1) is 0 Å². The Labute approximate surface area is 106 Å². The zero-order chi connectivity index (χ0) is 12.5. The molecule has 2 atom stereocenters. The topological polar surface area (TPSA) is 53.5 Å². The highest BCUT2D eigenvalue weighted by molar-refractivity contribution is 5.84. The molecule has 0 saturated carbocycles. The maximum Gasteiger partial charge on any atom is 0.119 e. The standard InChI is InChI=1S/C14H16N2O2/c1-18-12-5-4-9-6-11(3-2-10(9)7-12)13-8-14(17)16-15-13/h2-7,13-17H,8H2,1H3. The summed E-state index contributed by atoms with van der Waals surface area (Å²) in [6, 6.07) is 12.5. The van der Waals surface area contributed by atoms with E-state index >= 15 is 0 Å². The number of aliphatic hydroxyl groups is 1. The van der Waals surface area contributed by atoms with Gasteiger partial charge in [0.1, 0.15) is 12.0 Å². The van der Waals surface area contributed by atoms with Crippen molar-refractivity contribution >= 4 is 10.8 Å². The largest absolute Gasteiger partial charge is 0.497 e. The summed E-state index contributed by atoms with van der Waals surface area (Å²) in [5, 5.41) is 11.8. The fourth-order valence-electron chi connectivity index (χ4n) is 2.34. The van der Waals surface area contributed by atoms with E-state index in [1.54, 1.807) is 7.11 Å². The summed E-state index contributed by atoms with van der Waals surface area (Å²) in [6.07, 6.45) is 0.211. The van der Waals surface area contributed by atoms with Crippen molar-refractivity contribution in [2.24, 2.45) is 0 Å². The van der Waals surface area contributed by atoms with Crippen LogP contribution in [-0.2, 0) is 0 Å². The van der Waals surface area contributed by atoms with E-state index in [9.17, 15) is 5.11 Å². The van der Waals surface area contributed by atoms with Crippen LogP contribution in [0.3, 0.4) is 0 Å². The average molecular weight is 244 g/mol. The highest BCUT2D eigenvalue weighted by atomic mass is 16.5. The molecular formula is C14H16N2O2. The third-order valence-electron chi connectivity index (χ3n) is 3.36. The molecular weight excluding hydrogens is 228 g/mol. The highest BCUT2D eigenvalue weighted by Crippen LogP contribution is 2.27. The molecule has 1 aliphatic rings. The van der Waals surface area contributed by atoms with Crippen LogP contribution in [0.5, 0.6) is 5.75 Å². The number of aliphatic hydroxyl groups excluding tert-OH is 1. The molecule has 94 valence electrons. The van der Waals surface area contributed by atoms with Crippen molar-refractivity contribution in [1.82, 2.24) is 10.9 Å². The molecule has 3 N–H and O–H groups in total. The van der Waals surface area contributed by atoms with E-state index in [1.165, 1.54) is 10.9 Å². The Balaban J connectivity index is 1.96. The van der Waals surface area contributed by atoms with E-state index in [4.69, 9.17) is 4.74 Å². The number of fused-ring (bicyclic) bond motifs is 1. The second-order valence-electron chi connectivity index (χ2n) is 4.57. The van der Waals surface area contributed by atoms with Gasteiger partial charge >= 0.3 is 0 Å². The van der Waals surface area contributed by atoms with Gasteiger partial charge in [0.15, 0.2) is 0 Å². The first kappa shape index (κ1) is 11.5. The normalized spacial score (nSPS) is 23.4. The number of hydrogen-bond acceptors (Lipinski definition) is 4. The van der Waals surface area contributed by atoms with Gasteiger partial charge in [0, 0.05) is 6.42 Å². The van der Waals surface area contributed by atoms with Crippen molar-refractivity contribution in [2.45, 2.75) is 18.7 Å².